The predicted molar refractivity (Wildman–Crippen MR) is 77.8 cm³/mol. The van der Waals surface area contributed by atoms with Gasteiger partial charge in [-0.2, -0.15) is 0 Å². The summed E-state index contributed by atoms with van der Waals surface area (Å²) in [6, 6.07) is 3.39. The molecule has 2 N–H and O–H groups in total. The first-order valence-corrected chi connectivity index (χ1v) is 6.86. The highest BCUT2D eigenvalue weighted by Gasteiger charge is 2.13. The molecule has 1 rings (SSSR count). The Morgan fingerprint density at radius 1 is 1.45 bits per heavy atom. The van der Waals surface area contributed by atoms with Crippen molar-refractivity contribution in [2.75, 3.05) is 13.2 Å². The van der Waals surface area contributed by atoms with Gasteiger partial charge in [-0.15, -0.1) is 0 Å². The molecule has 0 aliphatic rings. The Labute approximate surface area is 120 Å². The van der Waals surface area contributed by atoms with E-state index in [1.54, 1.807) is 12.1 Å². The second-order valence-electron chi connectivity index (χ2n) is 5.93. The van der Waals surface area contributed by atoms with Crippen molar-refractivity contribution < 1.29 is 14.6 Å². The molecule has 112 valence electrons. The lowest BCUT2D eigenvalue weighted by molar-refractivity contribution is 0.0944. The van der Waals surface area contributed by atoms with Crippen LogP contribution in [0.2, 0.25) is 0 Å². The van der Waals surface area contributed by atoms with Crippen molar-refractivity contribution in [2.24, 2.45) is 5.92 Å². The molecule has 1 amide bonds. The minimum absolute atomic E-state index is 0.136. The lowest BCUT2D eigenvalue weighted by atomic mass is 10.1. The van der Waals surface area contributed by atoms with Crippen LogP contribution in [0.1, 0.15) is 44.5 Å². The minimum Gasteiger partial charge on any atom is -0.472 e. The van der Waals surface area contributed by atoms with Gasteiger partial charge in [-0.25, -0.2) is 4.98 Å². The summed E-state index contributed by atoms with van der Waals surface area (Å²) in [5.74, 6) is 0.590. The fraction of sp³-hybridized carbons (Fsp3) is 0.600. The molecule has 0 spiro atoms. The van der Waals surface area contributed by atoms with Crippen LogP contribution in [0.25, 0.3) is 0 Å². The Kier molecular flexibility index (Phi) is 5.95. The largest absolute Gasteiger partial charge is 0.472 e. The van der Waals surface area contributed by atoms with Crippen LogP contribution in [0.5, 0.6) is 5.88 Å². The van der Waals surface area contributed by atoms with E-state index in [0.29, 0.717) is 24.4 Å². The maximum absolute atomic E-state index is 11.9. The van der Waals surface area contributed by atoms with E-state index in [4.69, 9.17) is 9.84 Å². The van der Waals surface area contributed by atoms with Crippen LogP contribution in [0.15, 0.2) is 18.3 Å². The summed E-state index contributed by atoms with van der Waals surface area (Å²) in [6.07, 6.45) is 2.18. The highest BCUT2D eigenvalue weighted by atomic mass is 16.5. The quantitative estimate of drug-likeness (QED) is 0.836. The van der Waals surface area contributed by atoms with E-state index in [1.165, 1.54) is 6.20 Å². The summed E-state index contributed by atoms with van der Waals surface area (Å²) in [7, 11) is 0. The number of nitrogens with zero attached hydrogens (tertiary/aromatic N) is 1. The summed E-state index contributed by atoms with van der Waals surface area (Å²) in [5.41, 5.74) is 0.193. The van der Waals surface area contributed by atoms with Crippen LogP contribution >= 0.6 is 0 Å². The van der Waals surface area contributed by atoms with Gasteiger partial charge in [0.05, 0.1) is 5.56 Å². The lowest BCUT2D eigenvalue weighted by Crippen LogP contribution is -2.29. The average molecular weight is 280 g/mol. The molecule has 1 unspecified atom stereocenters. The summed E-state index contributed by atoms with van der Waals surface area (Å²) in [4.78, 5) is 16.0. The fourth-order valence-electron chi connectivity index (χ4n) is 1.58. The fourth-order valence-corrected chi connectivity index (χ4v) is 1.58. The first-order chi connectivity index (χ1) is 9.31. The zero-order valence-corrected chi connectivity index (χ0v) is 12.6. The van der Waals surface area contributed by atoms with Gasteiger partial charge in [0.1, 0.15) is 5.60 Å². The number of amides is 1. The number of aromatic nitrogens is 1. The topological polar surface area (TPSA) is 71.5 Å². The number of rotatable bonds is 6. The minimum atomic E-state index is -0.309. The molecule has 0 saturated heterocycles. The van der Waals surface area contributed by atoms with Gasteiger partial charge in [-0.05, 0) is 39.2 Å². The molecule has 0 aliphatic carbocycles. The number of nitrogens with one attached hydrogen (secondary N) is 1. The number of hydrogen-bond acceptors (Lipinski definition) is 4. The van der Waals surface area contributed by atoms with E-state index >= 15 is 0 Å². The number of carbonyl (C=O) groups is 1. The molecule has 20 heavy (non-hydrogen) atoms. The van der Waals surface area contributed by atoms with Crippen LogP contribution < -0.4 is 10.1 Å². The molecule has 5 nitrogen and oxygen atoms in total. The molecule has 5 heteroatoms. The number of pyridine rings is 1. The molecule has 0 radical (unpaired) electrons. The van der Waals surface area contributed by atoms with Gasteiger partial charge in [0.15, 0.2) is 0 Å². The number of aliphatic hydroxyl groups is 1. The van der Waals surface area contributed by atoms with Gasteiger partial charge >= 0.3 is 0 Å². The van der Waals surface area contributed by atoms with Crippen LogP contribution in [0, 0.1) is 5.92 Å². The number of hydrogen-bond donors (Lipinski definition) is 2. The molecule has 1 atom stereocenters. The molecule has 1 aromatic rings. The van der Waals surface area contributed by atoms with E-state index in [0.717, 1.165) is 0 Å². The van der Waals surface area contributed by atoms with Crippen LogP contribution in [-0.2, 0) is 0 Å². The molecule has 0 saturated carbocycles. The van der Waals surface area contributed by atoms with Gasteiger partial charge in [0.25, 0.3) is 5.91 Å². The van der Waals surface area contributed by atoms with E-state index in [9.17, 15) is 4.79 Å². The first kappa shape index (κ1) is 16.4. The summed E-state index contributed by atoms with van der Waals surface area (Å²) in [6.45, 7) is 8.49. The van der Waals surface area contributed by atoms with Crippen molar-refractivity contribution in [3.8, 4) is 5.88 Å². The van der Waals surface area contributed by atoms with Crippen LogP contribution in [0.4, 0.5) is 0 Å². The third-order valence-corrected chi connectivity index (χ3v) is 2.64. The van der Waals surface area contributed by atoms with Crippen molar-refractivity contribution >= 4 is 5.91 Å². The molecular formula is C15H24N2O3. The summed E-state index contributed by atoms with van der Waals surface area (Å²) >= 11 is 0. The van der Waals surface area contributed by atoms with E-state index < -0.39 is 0 Å². The predicted octanol–water partition coefficient (Wildman–Crippen LogP) is 2.01. The smallest absolute Gasteiger partial charge is 0.252 e. The van der Waals surface area contributed by atoms with Crippen molar-refractivity contribution in [3.05, 3.63) is 23.9 Å². The maximum atomic E-state index is 11.9. The summed E-state index contributed by atoms with van der Waals surface area (Å²) in [5, 5.41) is 11.6. The molecule has 1 aromatic heterocycles. The third-order valence-electron chi connectivity index (χ3n) is 2.64. The van der Waals surface area contributed by atoms with E-state index in [1.807, 2.05) is 27.7 Å². The van der Waals surface area contributed by atoms with Crippen molar-refractivity contribution in [2.45, 2.75) is 39.7 Å². The second-order valence-corrected chi connectivity index (χ2v) is 5.93. The van der Waals surface area contributed by atoms with Crippen LogP contribution in [0.3, 0.4) is 0 Å². The number of carbonyl (C=O) groups excluding carboxylic acids is 1. The monoisotopic (exact) mass is 280 g/mol. The van der Waals surface area contributed by atoms with Crippen molar-refractivity contribution in [1.82, 2.24) is 10.3 Å². The molecule has 0 bridgehead atoms. The number of ether oxygens (including phenoxy) is 1. The Hall–Kier alpha value is -1.62. The average Bonchev–Trinajstić information content (AvgIpc) is 2.35. The van der Waals surface area contributed by atoms with Gasteiger partial charge in [0.2, 0.25) is 5.88 Å². The SMILES string of the molecule is CC(CCO)CNC(=O)c1ccc(OC(C)(C)C)nc1. The normalized spacial score (nSPS) is 12.8. The van der Waals surface area contributed by atoms with Gasteiger partial charge < -0.3 is 15.2 Å². The Morgan fingerprint density at radius 3 is 2.65 bits per heavy atom. The van der Waals surface area contributed by atoms with Gasteiger partial charge in [-0.1, -0.05) is 6.92 Å². The van der Waals surface area contributed by atoms with Crippen molar-refractivity contribution in [3.63, 3.8) is 0 Å². The second kappa shape index (κ2) is 7.24. The van der Waals surface area contributed by atoms with Crippen LogP contribution in [-0.4, -0.2) is 34.8 Å². The number of aliphatic hydroxyl groups excluding tert-OH is 1. The van der Waals surface area contributed by atoms with E-state index in [-0.39, 0.29) is 24.0 Å². The molecular weight excluding hydrogens is 256 g/mol. The zero-order chi connectivity index (χ0) is 15.2. The van der Waals surface area contributed by atoms with Gasteiger partial charge in [0, 0.05) is 25.4 Å². The maximum Gasteiger partial charge on any atom is 0.252 e. The zero-order valence-electron chi connectivity index (χ0n) is 12.6. The molecule has 0 aliphatic heterocycles. The van der Waals surface area contributed by atoms with Crippen molar-refractivity contribution in [1.29, 1.82) is 0 Å². The summed E-state index contributed by atoms with van der Waals surface area (Å²) < 4.78 is 5.60. The highest BCUT2D eigenvalue weighted by molar-refractivity contribution is 5.93. The standard InChI is InChI=1S/C15H24N2O3/c1-11(7-8-18)9-17-14(19)12-5-6-13(16-10-12)20-15(2,3)4/h5-6,10-11,18H,7-9H2,1-4H3,(H,17,19). The molecule has 0 aromatic carbocycles. The Bertz CT molecular complexity index is 424. The highest BCUT2D eigenvalue weighted by Crippen LogP contribution is 2.15. The van der Waals surface area contributed by atoms with E-state index in [2.05, 4.69) is 10.3 Å². The Balaban J connectivity index is 2.53. The first-order valence-electron chi connectivity index (χ1n) is 6.86. The Morgan fingerprint density at radius 2 is 2.15 bits per heavy atom. The van der Waals surface area contributed by atoms with Gasteiger partial charge in [-0.3, -0.25) is 4.79 Å². The molecule has 0 fully saturated rings. The molecule has 1 heterocycles. The third kappa shape index (κ3) is 6.02. The lowest BCUT2D eigenvalue weighted by Gasteiger charge is -2.20.